The third-order valence-corrected chi connectivity index (χ3v) is 6.36. The topological polar surface area (TPSA) is 74.5 Å². The van der Waals surface area contributed by atoms with Crippen molar-refractivity contribution >= 4 is 6.21 Å². The lowest BCUT2D eigenvalue weighted by molar-refractivity contribution is 0.0786. The molecule has 3 aliphatic rings. The minimum Gasteiger partial charge on any atom is -0.386 e. The van der Waals surface area contributed by atoms with Gasteiger partial charge in [0.15, 0.2) is 0 Å². The van der Waals surface area contributed by atoms with Crippen molar-refractivity contribution in [1.82, 2.24) is 20.2 Å². The van der Waals surface area contributed by atoms with E-state index < -0.39 is 5.60 Å². The zero-order valence-corrected chi connectivity index (χ0v) is 17.1. The van der Waals surface area contributed by atoms with Crippen molar-refractivity contribution in [2.24, 2.45) is 10.9 Å². The highest BCUT2D eigenvalue weighted by atomic mass is 16.3. The van der Waals surface area contributed by atoms with Gasteiger partial charge in [-0.05, 0) is 63.5 Å². The molecule has 0 aliphatic carbocycles. The van der Waals surface area contributed by atoms with Crippen LogP contribution in [0.3, 0.4) is 0 Å². The Morgan fingerprint density at radius 3 is 2.66 bits per heavy atom. The third-order valence-electron chi connectivity index (χ3n) is 6.36. The van der Waals surface area contributed by atoms with Crippen LogP contribution in [0, 0.1) is 5.92 Å². The first-order valence-electron chi connectivity index (χ1n) is 10.6. The van der Waals surface area contributed by atoms with Crippen molar-refractivity contribution in [3.63, 3.8) is 0 Å². The number of hydrogen-bond acceptors (Lipinski definition) is 5. The average Bonchev–Trinajstić information content (AvgIpc) is 3.33. The summed E-state index contributed by atoms with van der Waals surface area (Å²) >= 11 is 0. The Labute approximate surface area is 171 Å². The average molecular weight is 392 g/mol. The first-order valence-corrected chi connectivity index (χ1v) is 10.6. The summed E-state index contributed by atoms with van der Waals surface area (Å²) in [5.74, 6) is 1.83. The SMILES string of the molecule is CC(C)(O)c1ccc(-c2nc(CC3CCNCC3)n3c2C=NC2NC=CC23)cc1. The molecule has 1 aromatic carbocycles. The molecule has 6 heteroatoms. The molecule has 0 radical (unpaired) electrons. The van der Waals surface area contributed by atoms with Gasteiger partial charge in [-0.25, -0.2) is 4.98 Å². The van der Waals surface area contributed by atoms with Crippen LogP contribution in [0.1, 0.15) is 49.8 Å². The van der Waals surface area contributed by atoms with Crippen LogP contribution in [0.5, 0.6) is 0 Å². The van der Waals surface area contributed by atoms with E-state index in [0.29, 0.717) is 5.92 Å². The van der Waals surface area contributed by atoms with Gasteiger partial charge in [0.05, 0.1) is 23.0 Å². The first-order chi connectivity index (χ1) is 14.0. The molecule has 4 heterocycles. The Bertz CT molecular complexity index is 945. The Balaban J connectivity index is 1.55. The fourth-order valence-corrected chi connectivity index (χ4v) is 4.65. The lowest BCUT2D eigenvalue weighted by atomic mass is 9.94. The number of aromatic nitrogens is 2. The van der Waals surface area contributed by atoms with E-state index in [0.717, 1.165) is 47.8 Å². The van der Waals surface area contributed by atoms with Crippen LogP contribution >= 0.6 is 0 Å². The highest BCUT2D eigenvalue weighted by Crippen LogP contribution is 2.35. The molecule has 0 spiro atoms. The smallest absolute Gasteiger partial charge is 0.143 e. The number of benzene rings is 1. The van der Waals surface area contributed by atoms with E-state index in [4.69, 9.17) is 9.98 Å². The van der Waals surface area contributed by atoms with Crippen LogP contribution in [-0.4, -0.2) is 40.1 Å². The van der Waals surface area contributed by atoms with Gasteiger partial charge in [0.25, 0.3) is 0 Å². The van der Waals surface area contributed by atoms with Crippen molar-refractivity contribution in [3.8, 4) is 11.3 Å². The van der Waals surface area contributed by atoms with Crippen LogP contribution in [0.25, 0.3) is 11.3 Å². The normalized spacial score (nSPS) is 23.7. The predicted molar refractivity (Wildman–Crippen MR) is 115 cm³/mol. The number of rotatable bonds is 4. The lowest BCUT2D eigenvalue weighted by Gasteiger charge is -2.27. The molecule has 2 atom stereocenters. The van der Waals surface area contributed by atoms with Gasteiger partial charge in [0, 0.05) is 18.2 Å². The summed E-state index contributed by atoms with van der Waals surface area (Å²) in [4.78, 5) is 9.86. The molecule has 2 unspecified atom stereocenters. The van der Waals surface area contributed by atoms with E-state index in [9.17, 15) is 5.11 Å². The second-order valence-corrected chi connectivity index (χ2v) is 8.91. The van der Waals surface area contributed by atoms with Gasteiger partial charge in [-0.2, -0.15) is 0 Å². The zero-order valence-electron chi connectivity index (χ0n) is 17.1. The molecule has 0 amide bonds. The van der Waals surface area contributed by atoms with Crippen LogP contribution < -0.4 is 10.6 Å². The fourth-order valence-electron chi connectivity index (χ4n) is 4.65. The molecule has 0 bridgehead atoms. The maximum atomic E-state index is 10.3. The minimum absolute atomic E-state index is 0.0638. The van der Waals surface area contributed by atoms with E-state index in [1.807, 2.05) is 38.4 Å². The highest BCUT2D eigenvalue weighted by molar-refractivity contribution is 5.88. The van der Waals surface area contributed by atoms with Gasteiger partial charge in [-0.3, -0.25) is 4.99 Å². The summed E-state index contributed by atoms with van der Waals surface area (Å²) in [6.45, 7) is 5.81. The molecule has 3 N–H and O–H groups in total. The van der Waals surface area contributed by atoms with E-state index in [1.165, 1.54) is 12.8 Å². The number of fused-ring (bicyclic) bond motifs is 3. The zero-order chi connectivity index (χ0) is 20.0. The fraction of sp³-hybridized carbons (Fsp3) is 0.478. The van der Waals surface area contributed by atoms with Crippen molar-refractivity contribution in [1.29, 1.82) is 0 Å². The molecule has 3 aliphatic heterocycles. The lowest BCUT2D eigenvalue weighted by Crippen LogP contribution is -2.33. The van der Waals surface area contributed by atoms with Crippen molar-refractivity contribution in [2.45, 2.75) is 50.9 Å². The molecule has 1 saturated heterocycles. The summed E-state index contributed by atoms with van der Waals surface area (Å²) in [5, 5.41) is 17.1. The predicted octanol–water partition coefficient (Wildman–Crippen LogP) is 2.74. The number of imidazole rings is 1. The summed E-state index contributed by atoms with van der Waals surface area (Å²) < 4.78 is 2.38. The molecule has 152 valence electrons. The Morgan fingerprint density at radius 2 is 1.93 bits per heavy atom. The number of nitrogens with zero attached hydrogens (tertiary/aromatic N) is 3. The largest absolute Gasteiger partial charge is 0.386 e. The summed E-state index contributed by atoms with van der Waals surface area (Å²) in [6, 6.07) is 8.30. The summed E-state index contributed by atoms with van der Waals surface area (Å²) in [7, 11) is 0. The van der Waals surface area contributed by atoms with Crippen LogP contribution in [-0.2, 0) is 12.0 Å². The van der Waals surface area contributed by atoms with Gasteiger partial charge in [-0.1, -0.05) is 24.3 Å². The number of aliphatic hydroxyl groups is 1. The maximum Gasteiger partial charge on any atom is 0.143 e. The van der Waals surface area contributed by atoms with Crippen molar-refractivity contribution in [3.05, 3.63) is 53.6 Å². The Kier molecular flexibility index (Phi) is 4.56. The van der Waals surface area contributed by atoms with E-state index in [1.54, 1.807) is 0 Å². The molecule has 1 aromatic heterocycles. The second-order valence-electron chi connectivity index (χ2n) is 8.91. The summed E-state index contributed by atoms with van der Waals surface area (Å²) in [5.41, 5.74) is 3.19. The van der Waals surface area contributed by atoms with E-state index >= 15 is 0 Å². The van der Waals surface area contributed by atoms with Gasteiger partial charge in [0.2, 0.25) is 0 Å². The number of nitrogens with one attached hydrogen (secondary N) is 2. The molecule has 2 aromatic rings. The van der Waals surface area contributed by atoms with Crippen LogP contribution in [0.15, 0.2) is 41.5 Å². The number of aliphatic imine (C=N–C) groups is 1. The Morgan fingerprint density at radius 1 is 1.17 bits per heavy atom. The molecule has 29 heavy (non-hydrogen) atoms. The quantitative estimate of drug-likeness (QED) is 0.749. The minimum atomic E-state index is -0.846. The van der Waals surface area contributed by atoms with Crippen LogP contribution in [0.2, 0.25) is 0 Å². The van der Waals surface area contributed by atoms with Crippen LogP contribution in [0.4, 0.5) is 0 Å². The first kappa shape index (κ1) is 18.6. The molecule has 5 rings (SSSR count). The van der Waals surface area contributed by atoms with E-state index in [2.05, 4.69) is 33.4 Å². The standard InChI is InChI=1S/C23H29N5O/c1-23(2,29)17-5-3-16(4-6-17)21-19-14-26-22-18(9-12-25-22)28(19)20(27-21)13-15-7-10-24-11-8-15/h3-6,9,12,14-15,18,22,24-25,29H,7-8,10-11,13H2,1-2H3. The monoisotopic (exact) mass is 391 g/mol. The van der Waals surface area contributed by atoms with Gasteiger partial charge in [0.1, 0.15) is 12.0 Å². The second kappa shape index (κ2) is 7.11. The van der Waals surface area contributed by atoms with E-state index in [-0.39, 0.29) is 12.2 Å². The molecule has 6 nitrogen and oxygen atoms in total. The van der Waals surface area contributed by atoms with Crippen molar-refractivity contribution in [2.75, 3.05) is 13.1 Å². The third kappa shape index (κ3) is 3.40. The Hall–Kier alpha value is -2.44. The summed E-state index contributed by atoms with van der Waals surface area (Å²) in [6.07, 6.45) is 9.64. The van der Waals surface area contributed by atoms with Gasteiger partial charge in [-0.15, -0.1) is 0 Å². The van der Waals surface area contributed by atoms with Crippen molar-refractivity contribution < 1.29 is 5.11 Å². The molecule has 1 fully saturated rings. The van der Waals surface area contributed by atoms with Gasteiger partial charge >= 0.3 is 0 Å². The molecular formula is C23H29N5O. The number of piperidine rings is 1. The highest BCUT2D eigenvalue weighted by Gasteiger charge is 2.33. The molecule has 0 saturated carbocycles. The van der Waals surface area contributed by atoms with Gasteiger partial charge < -0.3 is 20.3 Å². The number of hydrogen-bond donors (Lipinski definition) is 3. The maximum absolute atomic E-state index is 10.3. The molecular weight excluding hydrogens is 362 g/mol.